The second kappa shape index (κ2) is 3.68. The van der Waals surface area contributed by atoms with E-state index < -0.39 is 5.91 Å². The number of hydrogen-bond acceptors (Lipinski definition) is 3. The number of carbonyl (C=O) groups excluding carboxylic acids is 1. The molecule has 0 atom stereocenters. The second-order valence-electron chi connectivity index (χ2n) is 0.960. The summed E-state index contributed by atoms with van der Waals surface area (Å²) in [7, 11) is 0. The SMILES string of the molecule is N#CNC(=O)/C=C/N. The molecule has 0 radical (unpaired) electrons. The van der Waals surface area contributed by atoms with Gasteiger partial charge in [-0.2, -0.15) is 5.26 Å². The highest BCUT2D eigenvalue weighted by Gasteiger charge is 1.86. The maximum atomic E-state index is 10.1. The third kappa shape index (κ3) is 2.72. The van der Waals surface area contributed by atoms with E-state index in [2.05, 4.69) is 0 Å². The van der Waals surface area contributed by atoms with Crippen LogP contribution in [0.4, 0.5) is 0 Å². The molecule has 0 rings (SSSR count). The minimum atomic E-state index is -0.505. The Kier molecular flexibility index (Phi) is 2.99. The smallest absolute Gasteiger partial charge is 0.258 e. The topological polar surface area (TPSA) is 78.9 Å². The highest BCUT2D eigenvalue weighted by molar-refractivity contribution is 5.88. The van der Waals surface area contributed by atoms with Crippen molar-refractivity contribution in [2.45, 2.75) is 0 Å². The van der Waals surface area contributed by atoms with Crippen LogP contribution in [0.1, 0.15) is 0 Å². The van der Waals surface area contributed by atoms with Gasteiger partial charge in [-0.1, -0.05) is 0 Å². The summed E-state index contributed by atoms with van der Waals surface area (Å²) in [5, 5.41) is 9.65. The van der Waals surface area contributed by atoms with Gasteiger partial charge in [-0.3, -0.25) is 10.1 Å². The first-order valence-electron chi connectivity index (χ1n) is 1.88. The van der Waals surface area contributed by atoms with E-state index in [4.69, 9.17) is 11.0 Å². The van der Waals surface area contributed by atoms with E-state index in [0.29, 0.717) is 0 Å². The van der Waals surface area contributed by atoms with E-state index in [1.807, 2.05) is 5.32 Å². The minimum absolute atomic E-state index is 0.505. The van der Waals surface area contributed by atoms with Crippen LogP contribution >= 0.6 is 0 Å². The van der Waals surface area contributed by atoms with Gasteiger partial charge < -0.3 is 5.73 Å². The summed E-state index contributed by atoms with van der Waals surface area (Å²) in [6.45, 7) is 0. The van der Waals surface area contributed by atoms with Gasteiger partial charge in [-0.25, -0.2) is 0 Å². The van der Waals surface area contributed by atoms with Crippen LogP contribution in [0.5, 0.6) is 0 Å². The Morgan fingerprint density at radius 1 is 1.88 bits per heavy atom. The molecule has 0 aromatic carbocycles. The quantitative estimate of drug-likeness (QED) is 0.260. The zero-order valence-electron chi connectivity index (χ0n) is 4.09. The number of nitrogens with two attached hydrogens (primary N) is 1. The lowest BCUT2D eigenvalue weighted by Gasteiger charge is -1.81. The van der Waals surface area contributed by atoms with Crippen molar-refractivity contribution in [3.63, 3.8) is 0 Å². The molecule has 4 nitrogen and oxygen atoms in total. The third-order valence-corrected chi connectivity index (χ3v) is 0.427. The van der Waals surface area contributed by atoms with Crippen molar-refractivity contribution in [1.82, 2.24) is 5.32 Å². The summed E-state index contributed by atoms with van der Waals surface area (Å²) in [6.07, 6.45) is 3.57. The number of nitriles is 1. The van der Waals surface area contributed by atoms with Crippen molar-refractivity contribution < 1.29 is 4.79 Å². The lowest BCUT2D eigenvalue weighted by atomic mass is 10.6. The van der Waals surface area contributed by atoms with Crippen LogP contribution in [0.25, 0.3) is 0 Å². The van der Waals surface area contributed by atoms with Crippen molar-refractivity contribution in [3.8, 4) is 6.19 Å². The Morgan fingerprint density at radius 2 is 2.50 bits per heavy atom. The molecule has 4 heteroatoms. The first kappa shape index (κ1) is 6.50. The second-order valence-corrected chi connectivity index (χ2v) is 0.960. The fourth-order valence-electron chi connectivity index (χ4n) is 0.184. The Bertz CT molecular complexity index is 144. The summed E-state index contributed by atoms with van der Waals surface area (Å²) in [5.74, 6) is -0.505. The molecule has 42 valence electrons. The zero-order valence-corrected chi connectivity index (χ0v) is 4.09. The number of carbonyl (C=O) groups is 1. The number of amides is 1. The first-order valence-corrected chi connectivity index (χ1v) is 1.88. The van der Waals surface area contributed by atoms with Gasteiger partial charge in [0.05, 0.1) is 0 Å². The number of nitrogens with zero attached hydrogens (tertiary/aromatic N) is 1. The molecule has 0 aliphatic rings. The van der Waals surface area contributed by atoms with E-state index in [9.17, 15) is 4.79 Å². The Balaban J connectivity index is 3.53. The average Bonchev–Trinajstić information content (AvgIpc) is 1.68. The fourth-order valence-corrected chi connectivity index (χ4v) is 0.184. The molecule has 0 aromatic rings. The predicted molar refractivity (Wildman–Crippen MR) is 27.1 cm³/mol. The van der Waals surface area contributed by atoms with Gasteiger partial charge in [0, 0.05) is 6.08 Å². The molecule has 0 heterocycles. The van der Waals surface area contributed by atoms with Crippen LogP contribution in [0.2, 0.25) is 0 Å². The van der Waals surface area contributed by atoms with Crippen molar-refractivity contribution in [2.24, 2.45) is 5.73 Å². The van der Waals surface area contributed by atoms with Crippen molar-refractivity contribution in [3.05, 3.63) is 12.3 Å². The van der Waals surface area contributed by atoms with Crippen LogP contribution in [-0.4, -0.2) is 5.91 Å². The van der Waals surface area contributed by atoms with E-state index in [1.165, 1.54) is 6.19 Å². The molecule has 0 aromatic heterocycles. The highest BCUT2D eigenvalue weighted by atomic mass is 16.1. The van der Waals surface area contributed by atoms with Gasteiger partial charge in [0.2, 0.25) is 0 Å². The predicted octanol–water partition coefficient (Wildman–Crippen LogP) is -0.944. The molecule has 8 heavy (non-hydrogen) atoms. The summed E-state index contributed by atoms with van der Waals surface area (Å²) >= 11 is 0. The van der Waals surface area contributed by atoms with E-state index in [1.54, 1.807) is 0 Å². The van der Waals surface area contributed by atoms with Crippen molar-refractivity contribution >= 4 is 5.91 Å². The standard InChI is InChI=1S/C4H5N3O/c5-2-1-4(8)7-3-6/h1-2H,5H2,(H,7,8)/b2-1+. The van der Waals surface area contributed by atoms with Gasteiger partial charge >= 0.3 is 0 Å². The number of rotatable bonds is 1. The van der Waals surface area contributed by atoms with Crippen LogP contribution in [0, 0.1) is 11.5 Å². The molecule has 0 saturated heterocycles. The van der Waals surface area contributed by atoms with Gasteiger partial charge in [-0.15, -0.1) is 0 Å². The Labute approximate surface area is 46.6 Å². The largest absolute Gasteiger partial charge is 0.404 e. The zero-order chi connectivity index (χ0) is 6.41. The van der Waals surface area contributed by atoms with E-state index in [0.717, 1.165) is 12.3 Å². The maximum Gasteiger partial charge on any atom is 0.258 e. The fraction of sp³-hybridized carbons (Fsp3) is 0. The lowest BCUT2D eigenvalue weighted by Crippen LogP contribution is -2.13. The summed E-state index contributed by atoms with van der Waals surface area (Å²) in [6, 6.07) is 0. The molecular formula is C4H5N3O. The van der Waals surface area contributed by atoms with E-state index >= 15 is 0 Å². The number of nitrogens with one attached hydrogen (secondary N) is 1. The average molecular weight is 111 g/mol. The van der Waals surface area contributed by atoms with Gasteiger partial charge in [0.1, 0.15) is 0 Å². The first-order chi connectivity index (χ1) is 3.81. The highest BCUT2D eigenvalue weighted by Crippen LogP contribution is 1.62. The van der Waals surface area contributed by atoms with Crippen LogP contribution < -0.4 is 11.1 Å². The lowest BCUT2D eigenvalue weighted by molar-refractivity contribution is -0.115. The molecule has 3 N–H and O–H groups in total. The third-order valence-electron chi connectivity index (χ3n) is 0.427. The molecule has 0 saturated carbocycles. The molecule has 0 spiro atoms. The van der Waals surface area contributed by atoms with Crippen LogP contribution in [-0.2, 0) is 4.79 Å². The molecule has 0 aliphatic carbocycles. The van der Waals surface area contributed by atoms with Crippen molar-refractivity contribution in [1.29, 1.82) is 5.26 Å². The molecular weight excluding hydrogens is 106 g/mol. The Morgan fingerprint density at radius 3 is 2.88 bits per heavy atom. The van der Waals surface area contributed by atoms with Crippen LogP contribution in [0.3, 0.4) is 0 Å². The normalized spacial score (nSPS) is 8.38. The van der Waals surface area contributed by atoms with Gasteiger partial charge in [0.15, 0.2) is 6.19 Å². The summed E-state index contributed by atoms with van der Waals surface area (Å²) in [5.41, 5.74) is 4.81. The summed E-state index contributed by atoms with van der Waals surface area (Å²) < 4.78 is 0. The number of hydrogen-bond donors (Lipinski definition) is 2. The van der Waals surface area contributed by atoms with Gasteiger partial charge in [-0.05, 0) is 6.20 Å². The molecule has 0 unspecified atom stereocenters. The molecule has 0 fully saturated rings. The van der Waals surface area contributed by atoms with E-state index in [-0.39, 0.29) is 0 Å². The molecule has 0 aliphatic heterocycles. The van der Waals surface area contributed by atoms with Crippen molar-refractivity contribution in [2.75, 3.05) is 0 Å². The van der Waals surface area contributed by atoms with Crippen LogP contribution in [0.15, 0.2) is 12.3 Å². The molecule has 0 bridgehead atoms. The monoisotopic (exact) mass is 111 g/mol. The Hall–Kier alpha value is -1.50. The van der Waals surface area contributed by atoms with Gasteiger partial charge in [0.25, 0.3) is 5.91 Å². The maximum absolute atomic E-state index is 10.1. The summed E-state index contributed by atoms with van der Waals surface area (Å²) in [4.78, 5) is 10.1. The molecule has 1 amide bonds. The minimum Gasteiger partial charge on any atom is -0.404 e.